The van der Waals surface area contributed by atoms with E-state index in [1.54, 1.807) is 4.90 Å². The molecule has 0 spiro atoms. The Labute approximate surface area is 104 Å². The van der Waals surface area contributed by atoms with Gasteiger partial charge in [-0.25, -0.2) is 8.42 Å². The van der Waals surface area contributed by atoms with E-state index in [2.05, 4.69) is 10.1 Å². The Morgan fingerprint density at radius 3 is 2.89 bits per heavy atom. The second-order valence-electron chi connectivity index (χ2n) is 4.19. The molecule has 1 aromatic heterocycles. The molecule has 18 heavy (non-hydrogen) atoms. The van der Waals surface area contributed by atoms with Gasteiger partial charge >= 0.3 is 5.97 Å². The standard InChI is InChI=1S/C9H13N3O5S/c13-9(14)4-12(3-8-10-6-11-17-8)7-1-2-18(15,16)5-7/h6-7H,1-5H2,(H,13,14). The maximum Gasteiger partial charge on any atom is 0.317 e. The minimum atomic E-state index is -3.06. The Kier molecular flexibility index (Phi) is 3.62. The number of rotatable bonds is 5. The summed E-state index contributed by atoms with van der Waals surface area (Å²) in [7, 11) is -3.06. The van der Waals surface area contributed by atoms with E-state index in [-0.39, 0.29) is 36.5 Å². The molecule has 1 aliphatic rings. The van der Waals surface area contributed by atoms with Crippen LogP contribution in [0.25, 0.3) is 0 Å². The third-order valence-corrected chi connectivity index (χ3v) is 4.56. The molecule has 100 valence electrons. The number of carboxylic acids is 1. The summed E-state index contributed by atoms with van der Waals surface area (Å²) in [6.07, 6.45) is 1.66. The lowest BCUT2D eigenvalue weighted by Gasteiger charge is -2.24. The molecule has 0 radical (unpaired) electrons. The molecule has 1 fully saturated rings. The third-order valence-electron chi connectivity index (χ3n) is 2.81. The molecule has 0 aromatic carbocycles. The number of aliphatic carboxylic acids is 1. The van der Waals surface area contributed by atoms with Crippen LogP contribution in [0.4, 0.5) is 0 Å². The molecule has 0 aliphatic carbocycles. The van der Waals surface area contributed by atoms with Crippen molar-refractivity contribution >= 4 is 15.8 Å². The van der Waals surface area contributed by atoms with Gasteiger partial charge in [-0.3, -0.25) is 9.69 Å². The summed E-state index contributed by atoms with van der Waals surface area (Å²) in [4.78, 5) is 16.1. The second-order valence-corrected chi connectivity index (χ2v) is 6.42. The lowest BCUT2D eigenvalue weighted by atomic mass is 10.2. The van der Waals surface area contributed by atoms with Crippen LogP contribution in [0.15, 0.2) is 10.9 Å². The number of nitrogens with zero attached hydrogens (tertiary/aromatic N) is 3. The van der Waals surface area contributed by atoms with Crippen molar-refractivity contribution in [3.05, 3.63) is 12.2 Å². The molecule has 0 bridgehead atoms. The minimum Gasteiger partial charge on any atom is -0.480 e. The van der Waals surface area contributed by atoms with Crippen LogP contribution in [0.2, 0.25) is 0 Å². The third kappa shape index (κ3) is 3.26. The molecule has 2 heterocycles. The van der Waals surface area contributed by atoms with E-state index in [0.29, 0.717) is 6.42 Å². The van der Waals surface area contributed by atoms with Crippen molar-refractivity contribution < 1.29 is 22.8 Å². The fourth-order valence-corrected chi connectivity index (χ4v) is 3.75. The summed E-state index contributed by atoms with van der Waals surface area (Å²) < 4.78 is 27.6. The molecule has 1 N–H and O–H groups in total. The molecule has 1 aromatic rings. The van der Waals surface area contributed by atoms with Crippen molar-refractivity contribution in [1.82, 2.24) is 15.0 Å². The van der Waals surface area contributed by atoms with Crippen molar-refractivity contribution in [3.8, 4) is 0 Å². The van der Waals surface area contributed by atoms with E-state index in [0.717, 1.165) is 0 Å². The fourth-order valence-electron chi connectivity index (χ4n) is 1.99. The van der Waals surface area contributed by atoms with E-state index in [9.17, 15) is 13.2 Å². The van der Waals surface area contributed by atoms with Gasteiger partial charge in [-0.15, -0.1) is 0 Å². The highest BCUT2D eigenvalue weighted by Gasteiger charge is 2.33. The number of aromatic nitrogens is 2. The van der Waals surface area contributed by atoms with E-state index in [1.165, 1.54) is 6.33 Å². The largest absolute Gasteiger partial charge is 0.480 e. The number of hydrogen-bond acceptors (Lipinski definition) is 7. The van der Waals surface area contributed by atoms with E-state index in [1.807, 2.05) is 0 Å². The predicted molar refractivity (Wildman–Crippen MR) is 59.4 cm³/mol. The van der Waals surface area contributed by atoms with Gasteiger partial charge in [0, 0.05) is 6.04 Å². The van der Waals surface area contributed by atoms with Gasteiger partial charge in [-0.1, -0.05) is 5.16 Å². The van der Waals surface area contributed by atoms with E-state index >= 15 is 0 Å². The summed E-state index contributed by atoms with van der Waals surface area (Å²) in [6, 6.07) is -0.307. The number of sulfone groups is 1. The zero-order valence-electron chi connectivity index (χ0n) is 9.52. The first-order valence-electron chi connectivity index (χ1n) is 5.38. The zero-order valence-corrected chi connectivity index (χ0v) is 10.3. The molecular formula is C9H13N3O5S. The lowest BCUT2D eigenvalue weighted by molar-refractivity contribution is -0.139. The topological polar surface area (TPSA) is 114 Å². The molecule has 8 nitrogen and oxygen atoms in total. The average Bonchev–Trinajstić information content (AvgIpc) is 2.86. The molecule has 1 atom stereocenters. The van der Waals surface area contributed by atoms with Crippen LogP contribution in [0.5, 0.6) is 0 Å². The number of hydrogen-bond donors (Lipinski definition) is 1. The lowest BCUT2D eigenvalue weighted by Crippen LogP contribution is -2.39. The van der Waals surface area contributed by atoms with Crippen LogP contribution in [-0.2, 0) is 21.2 Å². The summed E-state index contributed by atoms with van der Waals surface area (Å²) in [5, 5.41) is 12.3. The van der Waals surface area contributed by atoms with Gasteiger partial charge in [0.05, 0.1) is 24.6 Å². The average molecular weight is 275 g/mol. The Morgan fingerprint density at radius 1 is 1.61 bits per heavy atom. The van der Waals surface area contributed by atoms with Gasteiger partial charge < -0.3 is 9.63 Å². The number of carbonyl (C=O) groups is 1. The van der Waals surface area contributed by atoms with E-state index in [4.69, 9.17) is 9.63 Å². The molecule has 0 saturated carbocycles. The van der Waals surface area contributed by atoms with Gasteiger partial charge in [0.1, 0.15) is 0 Å². The Morgan fingerprint density at radius 2 is 2.39 bits per heavy atom. The Bertz CT molecular complexity index is 512. The van der Waals surface area contributed by atoms with Gasteiger partial charge in [-0.2, -0.15) is 4.98 Å². The minimum absolute atomic E-state index is 0.0194. The van der Waals surface area contributed by atoms with Crippen LogP contribution >= 0.6 is 0 Å². The molecule has 1 saturated heterocycles. The molecule has 1 unspecified atom stereocenters. The zero-order chi connectivity index (χ0) is 13.2. The van der Waals surface area contributed by atoms with Gasteiger partial charge in [0.2, 0.25) is 5.89 Å². The van der Waals surface area contributed by atoms with Gasteiger partial charge in [-0.05, 0) is 6.42 Å². The highest BCUT2D eigenvalue weighted by atomic mass is 32.2. The molecule has 9 heteroatoms. The molecule has 0 amide bonds. The summed E-state index contributed by atoms with van der Waals surface area (Å²) in [5.41, 5.74) is 0. The summed E-state index contributed by atoms with van der Waals surface area (Å²) in [6.45, 7) is -0.102. The quantitative estimate of drug-likeness (QED) is 0.738. The van der Waals surface area contributed by atoms with Crippen molar-refractivity contribution in [2.45, 2.75) is 19.0 Å². The van der Waals surface area contributed by atoms with Crippen molar-refractivity contribution in [3.63, 3.8) is 0 Å². The van der Waals surface area contributed by atoms with Crippen molar-refractivity contribution in [2.24, 2.45) is 0 Å². The Balaban J connectivity index is 2.08. The van der Waals surface area contributed by atoms with Crippen molar-refractivity contribution in [1.29, 1.82) is 0 Å². The number of carboxylic acid groups (broad SMARTS) is 1. The Hall–Kier alpha value is -1.48. The van der Waals surface area contributed by atoms with Crippen LogP contribution in [-0.4, -0.2) is 58.6 Å². The smallest absolute Gasteiger partial charge is 0.317 e. The van der Waals surface area contributed by atoms with Crippen LogP contribution < -0.4 is 0 Å². The first-order chi connectivity index (χ1) is 8.46. The maximum atomic E-state index is 11.4. The molecule has 1 aliphatic heterocycles. The molecule has 2 rings (SSSR count). The maximum absolute atomic E-state index is 11.4. The van der Waals surface area contributed by atoms with Crippen LogP contribution in [0, 0.1) is 0 Å². The predicted octanol–water partition coefficient (Wildman–Crippen LogP) is -0.857. The molecular weight excluding hydrogens is 262 g/mol. The SMILES string of the molecule is O=C(O)CN(Cc1ncno1)C1CCS(=O)(=O)C1. The first-order valence-corrected chi connectivity index (χ1v) is 7.20. The normalized spacial score (nSPS) is 22.4. The van der Waals surface area contributed by atoms with Crippen LogP contribution in [0.3, 0.4) is 0 Å². The van der Waals surface area contributed by atoms with Crippen LogP contribution in [0.1, 0.15) is 12.3 Å². The second kappa shape index (κ2) is 5.02. The van der Waals surface area contributed by atoms with Crippen molar-refractivity contribution in [2.75, 3.05) is 18.1 Å². The highest BCUT2D eigenvalue weighted by molar-refractivity contribution is 7.91. The monoisotopic (exact) mass is 275 g/mol. The van der Waals surface area contributed by atoms with Gasteiger partial charge in [0.25, 0.3) is 0 Å². The summed E-state index contributed by atoms with van der Waals surface area (Å²) >= 11 is 0. The summed E-state index contributed by atoms with van der Waals surface area (Å²) in [5.74, 6) is -0.661. The first kappa shape index (κ1) is 13.0. The highest BCUT2D eigenvalue weighted by Crippen LogP contribution is 2.19. The van der Waals surface area contributed by atoms with E-state index < -0.39 is 15.8 Å². The van der Waals surface area contributed by atoms with Gasteiger partial charge in [0.15, 0.2) is 16.2 Å². The fraction of sp³-hybridized carbons (Fsp3) is 0.667.